The van der Waals surface area contributed by atoms with E-state index in [1.807, 2.05) is 55.4 Å². The fourth-order valence-electron chi connectivity index (χ4n) is 2.98. The minimum absolute atomic E-state index is 0.00951. The van der Waals surface area contributed by atoms with Crippen LogP contribution >= 0.6 is 0 Å². The van der Waals surface area contributed by atoms with Gasteiger partial charge in [-0.1, -0.05) is 55.4 Å². The Kier molecular flexibility index (Phi) is 7.04. The number of hydrogen-bond acceptors (Lipinski definition) is 4. The van der Waals surface area contributed by atoms with Crippen LogP contribution in [-0.2, 0) is 6.42 Å². The Morgan fingerprint density at radius 1 is 0.815 bits per heavy atom. The van der Waals surface area contributed by atoms with E-state index >= 15 is 0 Å². The molecule has 4 nitrogen and oxygen atoms in total. The first kappa shape index (κ1) is 23.4. The molecule has 0 amide bonds. The molecule has 0 radical (unpaired) electrons. The molecule has 0 heterocycles. The number of phenols is 1. The van der Waals surface area contributed by atoms with Gasteiger partial charge < -0.3 is 10.2 Å². The van der Waals surface area contributed by atoms with Gasteiger partial charge in [-0.25, -0.2) is 0 Å². The first-order valence-electron chi connectivity index (χ1n) is 9.58. The number of aliphatic hydroxyl groups is 1. The normalized spacial score (nSPS) is 12.9. The third-order valence-electron chi connectivity index (χ3n) is 4.26. The Morgan fingerprint density at radius 3 is 1.48 bits per heavy atom. The number of hydrogen-bond donors (Lipinski definition) is 2. The number of Topliss-reactive ketones (excluding diaryl/α,β-unsaturated/α-hetero) is 2. The molecular formula is C23H36O4. The maximum absolute atomic E-state index is 12.8. The lowest BCUT2D eigenvalue weighted by Gasteiger charge is -2.24. The topological polar surface area (TPSA) is 74.6 Å². The molecule has 0 spiro atoms. The predicted molar refractivity (Wildman–Crippen MR) is 109 cm³/mol. The highest BCUT2D eigenvalue weighted by molar-refractivity contribution is 6.06. The van der Waals surface area contributed by atoms with Gasteiger partial charge in [0.25, 0.3) is 0 Å². The number of carbonyl (C=O) groups excluding carboxylic acids is 2. The van der Waals surface area contributed by atoms with Gasteiger partial charge in [0.1, 0.15) is 5.75 Å². The standard InChI is InChI=1S/C23H36O4/c1-21(2,3)12-18(25)16-9-15(11-23(7,8)14-24)10-17(20(16)27)19(26)13-22(4,5)6/h9-10,24,27H,11-14H2,1-8H3. The molecule has 1 aromatic rings. The summed E-state index contributed by atoms with van der Waals surface area (Å²) in [4.78, 5) is 25.6. The zero-order valence-corrected chi connectivity index (χ0v) is 18.2. The van der Waals surface area contributed by atoms with Gasteiger partial charge in [0.05, 0.1) is 11.1 Å². The quantitative estimate of drug-likeness (QED) is 0.642. The summed E-state index contributed by atoms with van der Waals surface area (Å²) in [6.07, 6.45) is 1.07. The van der Waals surface area contributed by atoms with Gasteiger partial charge in [0.15, 0.2) is 11.6 Å². The monoisotopic (exact) mass is 376 g/mol. The maximum atomic E-state index is 12.8. The molecule has 0 aromatic heterocycles. The molecule has 152 valence electrons. The average Bonchev–Trinajstić information content (AvgIpc) is 2.44. The number of aliphatic hydroxyl groups excluding tert-OH is 1. The van der Waals surface area contributed by atoms with E-state index in [9.17, 15) is 19.8 Å². The van der Waals surface area contributed by atoms with Gasteiger partial charge in [0, 0.05) is 19.4 Å². The van der Waals surface area contributed by atoms with E-state index in [1.165, 1.54) is 0 Å². The summed E-state index contributed by atoms with van der Waals surface area (Å²) in [7, 11) is 0. The van der Waals surface area contributed by atoms with Crippen LogP contribution in [0.3, 0.4) is 0 Å². The second-order valence-electron chi connectivity index (χ2n) is 10.9. The minimum Gasteiger partial charge on any atom is -0.506 e. The van der Waals surface area contributed by atoms with E-state index in [1.54, 1.807) is 12.1 Å². The van der Waals surface area contributed by atoms with Crippen molar-refractivity contribution in [3.63, 3.8) is 0 Å². The maximum Gasteiger partial charge on any atom is 0.167 e. The summed E-state index contributed by atoms with van der Waals surface area (Å²) in [5.74, 6) is -0.564. The first-order chi connectivity index (χ1) is 12.0. The van der Waals surface area contributed by atoms with Crippen LogP contribution in [0.25, 0.3) is 0 Å². The Balaban J connectivity index is 3.46. The van der Waals surface area contributed by atoms with Gasteiger partial charge in [0.2, 0.25) is 0 Å². The van der Waals surface area contributed by atoms with Gasteiger partial charge in [-0.05, 0) is 40.4 Å². The lowest BCUT2D eigenvalue weighted by Crippen LogP contribution is -2.21. The third-order valence-corrected chi connectivity index (χ3v) is 4.26. The van der Waals surface area contributed by atoms with Crippen LogP contribution in [-0.4, -0.2) is 28.4 Å². The SMILES string of the molecule is CC(C)(C)CC(=O)c1cc(CC(C)(C)CO)cc(C(=O)CC(C)(C)C)c1O. The molecule has 1 aromatic carbocycles. The Hall–Kier alpha value is -1.68. The highest BCUT2D eigenvalue weighted by Gasteiger charge is 2.27. The molecule has 2 N–H and O–H groups in total. The predicted octanol–water partition coefficient (Wildman–Crippen LogP) is 5.19. The zero-order valence-electron chi connectivity index (χ0n) is 18.2. The van der Waals surface area contributed by atoms with Crippen LogP contribution in [0.2, 0.25) is 0 Å². The fourth-order valence-corrected chi connectivity index (χ4v) is 2.98. The van der Waals surface area contributed by atoms with Crippen LogP contribution in [0.4, 0.5) is 0 Å². The number of phenolic OH excluding ortho intramolecular Hbond substituents is 1. The second-order valence-corrected chi connectivity index (χ2v) is 10.9. The fraction of sp³-hybridized carbons (Fsp3) is 0.652. The summed E-state index contributed by atoms with van der Waals surface area (Å²) < 4.78 is 0. The third kappa shape index (κ3) is 7.45. The number of carbonyl (C=O) groups is 2. The molecule has 0 bridgehead atoms. The molecule has 0 aliphatic heterocycles. The second kappa shape index (κ2) is 8.14. The van der Waals surface area contributed by atoms with Crippen LogP contribution in [0.15, 0.2) is 12.1 Å². The van der Waals surface area contributed by atoms with Crippen molar-refractivity contribution in [2.75, 3.05) is 6.61 Å². The van der Waals surface area contributed by atoms with E-state index in [2.05, 4.69) is 0 Å². The van der Waals surface area contributed by atoms with Gasteiger partial charge in [-0.15, -0.1) is 0 Å². The van der Waals surface area contributed by atoms with Crippen molar-refractivity contribution in [3.05, 3.63) is 28.8 Å². The van der Waals surface area contributed by atoms with Crippen molar-refractivity contribution < 1.29 is 19.8 Å². The lowest BCUT2D eigenvalue weighted by molar-refractivity contribution is 0.0936. The van der Waals surface area contributed by atoms with Crippen molar-refractivity contribution in [1.82, 2.24) is 0 Å². The molecule has 0 atom stereocenters. The summed E-state index contributed by atoms with van der Waals surface area (Å²) in [5.41, 5.74) is 0.355. The average molecular weight is 377 g/mol. The zero-order chi connectivity index (χ0) is 21.2. The first-order valence-corrected chi connectivity index (χ1v) is 9.58. The number of benzene rings is 1. The lowest BCUT2D eigenvalue weighted by atomic mass is 9.81. The molecule has 0 aliphatic carbocycles. The minimum atomic E-state index is -0.383. The van der Waals surface area contributed by atoms with Crippen molar-refractivity contribution in [1.29, 1.82) is 0 Å². The molecule has 0 saturated heterocycles. The van der Waals surface area contributed by atoms with E-state index in [4.69, 9.17) is 0 Å². The molecule has 1 rings (SSSR count). The molecular weight excluding hydrogens is 340 g/mol. The van der Waals surface area contributed by atoms with E-state index in [0.29, 0.717) is 6.42 Å². The van der Waals surface area contributed by atoms with Crippen LogP contribution < -0.4 is 0 Å². The van der Waals surface area contributed by atoms with Crippen LogP contribution in [0.5, 0.6) is 5.75 Å². The molecule has 0 unspecified atom stereocenters. The summed E-state index contributed by atoms with van der Waals surface area (Å²) in [5, 5.41) is 20.3. The Morgan fingerprint density at radius 2 is 1.19 bits per heavy atom. The number of rotatable bonds is 7. The van der Waals surface area contributed by atoms with Crippen molar-refractivity contribution in [2.45, 2.75) is 74.7 Å². The summed E-state index contributed by atoms with van der Waals surface area (Å²) in [6.45, 7) is 15.6. The molecule has 0 saturated carbocycles. The van der Waals surface area contributed by atoms with E-state index in [0.717, 1.165) is 5.56 Å². The van der Waals surface area contributed by atoms with Crippen LogP contribution in [0.1, 0.15) is 94.5 Å². The van der Waals surface area contributed by atoms with Gasteiger partial charge in [-0.2, -0.15) is 0 Å². The molecule has 0 aliphatic rings. The molecule has 0 fully saturated rings. The Labute approximate surface area is 164 Å². The number of ketones is 2. The largest absolute Gasteiger partial charge is 0.506 e. The van der Waals surface area contributed by atoms with Gasteiger partial charge >= 0.3 is 0 Å². The van der Waals surface area contributed by atoms with E-state index < -0.39 is 0 Å². The smallest absolute Gasteiger partial charge is 0.167 e. The Bertz CT molecular complexity index is 651. The summed E-state index contributed by atoms with van der Waals surface area (Å²) >= 11 is 0. The van der Waals surface area contributed by atoms with Crippen LogP contribution in [0, 0.1) is 16.2 Å². The molecule has 27 heavy (non-hydrogen) atoms. The highest BCUT2D eigenvalue weighted by atomic mass is 16.3. The molecule has 4 heteroatoms. The number of aromatic hydroxyl groups is 1. The van der Waals surface area contributed by atoms with Crippen molar-refractivity contribution >= 4 is 11.6 Å². The van der Waals surface area contributed by atoms with Gasteiger partial charge in [-0.3, -0.25) is 9.59 Å². The van der Waals surface area contributed by atoms with E-state index in [-0.39, 0.29) is 64.1 Å². The van der Waals surface area contributed by atoms with Crippen molar-refractivity contribution in [3.8, 4) is 5.75 Å². The summed E-state index contributed by atoms with van der Waals surface area (Å²) in [6, 6.07) is 3.35. The van der Waals surface area contributed by atoms with Crippen molar-refractivity contribution in [2.24, 2.45) is 16.2 Å². The highest BCUT2D eigenvalue weighted by Crippen LogP contribution is 2.34.